The van der Waals surface area contributed by atoms with Crippen molar-refractivity contribution < 1.29 is 22.7 Å². The molecule has 0 atom stereocenters. The summed E-state index contributed by atoms with van der Waals surface area (Å²) in [5.74, 6) is -0.454. The van der Waals surface area contributed by atoms with Crippen molar-refractivity contribution in [2.75, 3.05) is 5.32 Å². The molecule has 0 spiro atoms. The monoisotopic (exact) mass is 399 g/mol. The van der Waals surface area contributed by atoms with E-state index in [4.69, 9.17) is 16.3 Å². The maximum absolute atomic E-state index is 13.5. The van der Waals surface area contributed by atoms with Crippen molar-refractivity contribution >= 4 is 23.5 Å². The maximum Gasteiger partial charge on any atom is 0.437 e. The van der Waals surface area contributed by atoms with E-state index in [0.717, 1.165) is 6.20 Å². The lowest BCUT2D eigenvalue weighted by Gasteiger charge is -2.13. The molecule has 1 amide bonds. The van der Waals surface area contributed by atoms with Gasteiger partial charge in [0, 0.05) is 18.1 Å². The Labute approximate surface area is 156 Å². The van der Waals surface area contributed by atoms with Crippen LogP contribution in [0.5, 0.6) is 5.75 Å². The third-order valence-electron chi connectivity index (χ3n) is 3.51. The quantitative estimate of drug-likeness (QED) is 0.716. The highest BCUT2D eigenvalue weighted by Gasteiger charge is 2.40. The Hall–Kier alpha value is -3.01. The molecule has 142 valence electrons. The molecule has 2 heterocycles. The molecule has 27 heavy (non-hydrogen) atoms. The van der Waals surface area contributed by atoms with Crippen LogP contribution >= 0.6 is 11.6 Å². The zero-order valence-corrected chi connectivity index (χ0v) is 14.8. The maximum atomic E-state index is 13.5. The van der Waals surface area contributed by atoms with Gasteiger partial charge in [0.2, 0.25) is 0 Å². The Balaban J connectivity index is 1.90. The summed E-state index contributed by atoms with van der Waals surface area (Å²) in [5.41, 5.74) is -0.482. The van der Waals surface area contributed by atoms with Gasteiger partial charge in [-0.25, -0.2) is 9.48 Å². The molecule has 3 rings (SSSR count). The Bertz CT molecular complexity index is 979. The number of ether oxygens (including phenoxy) is 1. The zero-order valence-electron chi connectivity index (χ0n) is 14.1. The van der Waals surface area contributed by atoms with Crippen molar-refractivity contribution in [2.24, 2.45) is 7.05 Å². The van der Waals surface area contributed by atoms with Crippen molar-refractivity contribution in [3.05, 3.63) is 52.9 Å². The molecule has 0 saturated heterocycles. The molecule has 0 bridgehead atoms. The molecule has 1 N–H and O–H groups in total. The fraction of sp³-hybridized carbons (Fsp3) is 0.188. The van der Waals surface area contributed by atoms with Crippen molar-refractivity contribution in [3.63, 3.8) is 0 Å². The number of amides is 1. The Morgan fingerprint density at radius 2 is 1.93 bits per heavy atom. The predicted molar refractivity (Wildman–Crippen MR) is 91.2 cm³/mol. The summed E-state index contributed by atoms with van der Waals surface area (Å²) in [6.07, 6.45) is -5.08. The van der Waals surface area contributed by atoms with Gasteiger partial charge in [-0.05, 0) is 31.2 Å². The Kier molecular flexibility index (Phi) is 4.83. The van der Waals surface area contributed by atoms with Gasteiger partial charge in [0.25, 0.3) is 0 Å². The number of hydrogen-bond donors (Lipinski definition) is 1. The number of aromatic nitrogens is 4. The lowest BCUT2D eigenvalue weighted by Crippen LogP contribution is -2.21. The second-order valence-electron chi connectivity index (χ2n) is 5.55. The van der Waals surface area contributed by atoms with Gasteiger partial charge in [0.1, 0.15) is 5.82 Å². The van der Waals surface area contributed by atoms with Gasteiger partial charge < -0.3 is 4.74 Å². The molecule has 0 aliphatic rings. The first-order valence-electron chi connectivity index (χ1n) is 7.56. The van der Waals surface area contributed by atoms with E-state index in [2.05, 4.69) is 15.5 Å². The molecule has 1 aromatic carbocycles. The second-order valence-corrected chi connectivity index (χ2v) is 5.99. The fourth-order valence-corrected chi connectivity index (χ4v) is 2.53. The first kappa shape index (κ1) is 18.8. The fourth-order valence-electron chi connectivity index (χ4n) is 2.40. The molecule has 0 fully saturated rings. The molecule has 2 aromatic heterocycles. The minimum absolute atomic E-state index is 0.115. The van der Waals surface area contributed by atoms with Gasteiger partial charge in [0.15, 0.2) is 11.4 Å². The van der Waals surface area contributed by atoms with E-state index in [1.807, 2.05) is 0 Å². The zero-order chi connectivity index (χ0) is 19.8. The highest BCUT2D eigenvalue weighted by atomic mass is 35.5. The van der Waals surface area contributed by atoms with E-state index >= 15 is 0 Å². The molecule has 0 aliphatic carbocycles. The molecule has 11 heteroatoms. The first-order valence-corrected chi connectivity index (χ1v) is 7.93. The molecular formula is C16H13ClF3N5O2. The number of rotatable bonds is 3. The Morgan fingerprint density at radius 3 is 2.48 bits per heavy atom. The molecule has 0 saturated carbocycles. The van der Waals surface area contributed by atoms with Gasteiger partial charge in [0.05, 0.1) is 17.6 Å². The number of aryl methyl sites for hydroxylation is 2. The number of carbonyl (C=O) groups is 1. The third kappa shape index (κ3) is 4.05. The summed E-state index contributed by atoms with van der Waals surface area (Å²) < 4.78 is 47.5. The number of alkyl halides is 3. The van der Waals surface area contributed by atoms with E-state index in [1.165, 1.54) is 28.9 Å². The average Bonchev–Trinajstić information content (AvgIpc) is 3.11. The molecule has 0 unspecified atom stereocenters. The van der Waals surface area contributed by atoms with Crippen LogP contribution in [0.4, 0.5) is 23.8 Å². The van der Waals surface area contributed by atoms with Crippen molar-refractivity contribution in [1.29, 1.82) is 0 Å². The minimum atomic E-state index is -4.81. The van der Waals surface area contributed by atoms with Gasteiger partial charge >= 0.3 is 12.3 Å². The van der Waals surface area contributed by atoms with E-state index in [9.17, 15) is 18.0 Å². The number of nitrogens with zero attached hydrogens (tertiary/aromatic N) is 4. The molecule has 3 aromatic rings. The van der Waals surface area contributed by atoms with E-state index in [0.29, 0.717) is 15.4 Å². The van der Waals surface area contributed by atoms with Crippen LogP contribution in [0.1, 0.15) is 11.4 Å². The molecule has 7 nitrogen and oxygen atoms in total. The van der Waals surface area contributed by atoms with E-state index in [1.54, 1.807) is 20.0 Å². The van der Waals surface area contributed by atoms with Crippen LogP contribution in [0, 0.1) is 6.92 Å². The van der Waals surface area contributed by atoms with Crippen LogP contribution in [0.25, 0.3) is 5.69 Å². The largest absolute Gasteiger partial charge is 0.437 e. The average molecular weight is 400 g/mol. The number of halogens is 4. The summed E-state index contributed by atoms with van der Waals surface area (Å²) in [5, 5.41) is 10.4. The van der Waals surface area contributed by atoms with Gasteiger partial charge in [-0.15, -0.1) is 0 Å². The summed E-state index contributed by atoms with van der Waals surface area (Å²) in [6.45, 7) is 1.70. The lowest BCUT2D eigenvalue weighted by molar-refractivity contribution is -0.143. The summed E-state index contributed by atoms with van der Waals surface area (Å²) in [4.78, 5) is 12.0. The first-order chi connectivity index (χ1) is 12.6. The van der Waals surface area contributed by atoms with Crippen LogP contribution in [0.3, 0.4) is 0 Å². The minimum Gasteiger partial charge on any atom is -0.406 e. The number of benzene rings is 1. The Morgan fingerprint density at radius 1 is 1.26 bits per heavy atom. The second kappa shape index (κ2) is 6.95. The molecule has 0 aliphatic heterocycles. The summed E-state index contributed by atoms with van der Waals surface area (Å²) in [7, 11) is 1.57. The predicted octanol–water partition coefficient (Wildman–Crippen LogP) is 4.20. The van der Waals surface area contributed by atoms with Gasteiger partial charge in [-0.3, -0.25) is 10.00 Å². The van der Waals surface area contributed by atoms with E-state index < -0.39 is 23.7 Å². The van der Waals surface area contributed by atoms with Crippen molar-refractivity contribution in [2.45, 2.75) is 13.1 Å². The normalized spacial score (nSPS) is 11.5. The molecule has 0 radical (unpaired) electrons. The van der Waals surface area contributed by atoms with Crippen LogP contribution in [-0.2, 0) is 13.2 Å². The molecular weight excluding hydrogens is 387 g/mol. The van der Waals surface area contributed by atoms with Crippen LogP contribution in [0.2, 0.25) is 5.02 Å². The topological polar surface area (TPSA) is 74.0 Å². The van der Waals surface area contributed by atoms with Gasteiger partial charge in [-0.2, -0.15) is 23.4 Å². The van der Waals surface area contributed by atoms with Crippen molar-refractivity contribution in [1.82, 2.24) is 19.6 Å². The third-order valence-corrected chi connectivity index (χ3v) is 3.76. The number of hydrogen-bond acceptors (Lipinski definition) is 4. The summed E-state index contributed by atoms with van der Waals surface area (Å²) >= 11 is 5.76. The lowest BCUT2D eigenvalue weighted by atomic mass is 10.3. The van der Waals surface area contributed by atoms with Crippen LogP contribution in [-0.4, -0.2) is 25.7 Å². The number of carbonyl (C=O) groups excluding carboxylic acids is 1. The number of nitrogens with one attached hydrogen (secondary N) is 1. The SMILES string of the molecule is Cc1cc(NC(=O)Oc2cnn(-c3ccc(Cl)cc3)c2C(F)(F)F)n(C)n1. The smallest absolute Gasteiger partial charge is 0.406 e. The van der Waals surface area contributed by atoms with E-state index in [-0.39, 0.29) is 11.5 Å². The van der Waals surface area contributed by atoms with Gasteiger partial charge in [-0.1, -0.05) is 11.6 Å². The highest BCUT2D eigenvalue weighted by Crippen LogP contribution is 2.37. The van der Waals surface area contributed by atoms with Crippen molar-refractivity contribution in [3.8, 4) is 11.4 Å². The van der Waals surface area contributed by atoms with Crippen LogP contribution in [0.15, 0.2) is 36.5 Å². The number of anilines is 1. The van der Waals surface area contributed by atoms with Crippen LogP contribution < -0.4 is 10.1 Å². The summed E-state index contributed by atoms with van der Waals surface area (Å²) in [6, 6.07) is 7.14. The highest BCUT2D eigenvalue weighted by molar-refractivity contribution is 6.30. The standard InChI is InChI=1S/C16H13ClF3N5O2/c1-9-7-13(24(2)23-9)22-15(26)27-12-8-21-25(14(12)16(18,19)20)11-5-3-10(17)4-6-11/h3-8H,1-2H3,(H,22,26).